The fourth-order valence-corrected chi connectivity index (χ4v) is 4.62. The van der Waals surface area contributed by atoms with Gasteiger partial charge >= 0.3 is 0 Å². The zero-order chi connectivity index (χ0) is 23.4. The van der Waals surface area contributed by atoms with Gasteiger partial charge in [-0.1, -0.05) is 42.5 Å². The van der Waals surface area contributed by atoms with Crippen molar-refractivity contribution in [1.29, 1.82) is 0 Å². The number of methoxy groups -OCH3 is 1. The number of benzene rings is 3. The second-order valence-electron chi connectivity index (χ2n) is 7.56. The number of anilines is 1. The molecular weight excluding hydrogens is 432 g/mol. The highest BCUT2D eigenvalue weighted by molar-refractivity contribution is 8.19. The first-order chi connectivity index (χ1) is 16.0. The monoisotopic (exact) mass is 458 g/mol. The molecule has 4 rings (SSSR count). The molecule has 1 aliphatic rings. The summed E-state index contributed by atoms with van der Waals surface area (Å²) in [6, 6.07) is 21.3. The molecule has 0 saturated carbocycles. The number of amides is 1. The minimum Gasteiger partial charge on any atom is -0.493 e. The summed E-state index contributed by atoms with van der Waals surface area (Å²) in [4.78, 5) is 20.7. The number of rotatable bonds is 6. The number of carbonyl (C=O) groups is 1. The van der Waals surface area contributed by atoms with Gasteiger partial charge in [-0.15, -0.1) is 0 Å². The second kappa shape index (κ2) is 9.96. The average Bonchev–Trinajstić information content (AvgIpc) is 3.12. The lowest BCUT2D eigenvalue weighted by Crippen LogP contribution is -2.28. The van der Waals surface area contributed by atoms with Crippen LogP contribution in [0, 0.1) is 13.8 Å². The number of thioether (sulfide) groups is 1. The van der Waals surface area contributed by atoms with Gasteiger partial charge in [0.05, 0.1) is 30.0 Å². The van der Waals surface area contributed by atoms with Gasteiger partial charge in [-0.25, -0.2) is 4.99 Å². The number of amidine groups is 1. The molecule has 3 aromatic carbocycles. The van der Waals surface area contributed by atoms with E-state index in [0.29, 0.717) is 28.2 Å². The van der Waals surface area contributed by atoms with Crippen molar-refractivity contribution >= 4 is 40.3 Å². The maximum atomic E-state index is 13.5. The molecule has 0 radical (unpaired) electrons. The number of aliphatic imine (C=N–C) groups is 1. The van der Waals surface area contributed by atoms with E-state index in [4.69, 9.17) is 14.5 Å². The molecule has 1 fully saturated rings. The zero-order valence-electron chi connectivity index (χ0n) is 19.2. The summed E-state index contributed by atoms with van der Waals surface area (Å²) in [6.45, 7) is 6.52. The lowest BCUT2D eigenvalue weighted by Gasteiger charge is -2.16. The maximum absolute atomic E-state index is 13.5. The highest BCUT2D eigenvalue weighted by Gasteiger charge is 2.35. The molecule has 5 nitrogen and oxygen atoms in total. The average molecular weight is 459 g/mol. The van der Waals surface area contributed by atoms with Gasteiger partial charge in [-0.3, -0.25) is 9.69 Å². The van der Waals surface area contributed by atoms with Crippen molar-refractivity contribution in [3.8, 4) is 11.5 Å². The first kappa shape index (κ1) is 22.7. The number of para-hydroxylation sites is 2. The number of aryl methyl sites for hydroxylation is 2. The summed E-state index contributed by atoms with van der Waals surface area (Å²) in [6.07, 6.45) is 1.87. The molecular formula is C27H26N2O3S. The first-order valence-electron chi connectivity index (χ1n) is 10.8. The Kier molecular flexibility index (Phi) is 6.84. The Bertz CT molecular complexity index is 1220. The van der Waals surface area contributed by atoms with Crippen LogP contribution < -0.4 is 14.4 Å². The number of hydrogen-bond donors (Lipinski definition) is 0. The smallest absolute Gasteiger partial charge is 0.271 e. The van der Waals surface area contributed by atoms with Crippen molar-refractivity contribution in [1.82, 2.24) is 0 Å². The topological polar surface area (TPSA) is 51.1 Å². The maximum Gasteiger partial charge on any atom is 0.271 e. The van der Waals surface area contributed by atoms with E-state index in [2.05, 4.69) is 0 Å². The van der Waals surface area contributed by atoms with Crippen LogP contribution in [0.2, 0.25) is 0 Å². The Balaban J connectivity index is 1.78. The Morgan fingerprint density at radius 1 is 0.970 bits per heavy atom. The third kappa shape index (κ3) is 4.81. The second-order valence-corrected chi connectivity index (χ2v) is 8.57. The summed E-state index contributed by atoms with van der Waals surface area (Å²) >= 11 is 1.37. The van der Waals surface area contributed by atoms with Gasteiger partial charge in [0.2, 0.25) is 0 Å². The lowest BCUT2D eigenvalue weighted by molar-refractivity contribution is -0.113. The molecule has 0 spiro atoms. The number of hydrogen-bond acceptors (Lipinski definition) is 5. The van der Waals surface area contributed by atoms with Crippen LogP contribution in [0.4, 0.5) is 11.4 Å². The van der Waals surface area contributed by atoms with E-state index in [-0.39, 0.29) is 5.91 Å². The van der Waals surface area contributed by atoms with Gasteiger partial charge in [0.25, 0.3) is 5.91 Å². The van der Waals surface area contributed by atoms with Crippen LogP contribution >= 0.6 is 11.8 Å². The molecule has 1 heterocycles. The molecule has 33 heavy (non-hydrogen) atoms. The molecule has 0 bridgehead atoms. The fraction of sp³-hybridized carbons (Fsp3) is 0.185. The number of ether oxygens (including phenoxy) is 2. The summed E-state index contributed by atoms with van der Waals surface area (Å²) in [5.74, 6) is 1.20. The predicted molar refractivity (Wildman–Crippen MR) is 137 cm³/mol. The quantitative estimate of drug-likeness (QED) is 0.395. The van der Waals surface area contributed by atoms with E-state index < -0.39 is 0 Å². The largest absolute Gasteiger partial charge is 0.493 e. The van der Waals surface area contributed by atoms with Gasteiger partial charge in [0.1, 0.15) is 0 Å². The van der Waals surface area contributed by atoms with E-state index in [9.17, 15) is 4.79 Å². The van der Waals surface area contributed by atoms with Gasteiger partial charge in [-0.05, 0) is 79.6 Å². The normalized spacial score (nSPS) is 16.0. The van der Waals surface area contributed by atoms with Crippen molar-refractivity contribution < 1.29 is 14.3 Å². The molecule has 1 aliphatic heterocycles. The molecule has 0 aliphatic carbocycles. The first-order valence-corrected chi connectivity index (χ1v) is 11.6. The van der Waals surface area contributed by atoms with E-state index >= 15 is 0 Å². The zero-order valence-corrected chi connectivity index (χ0v) is 20.0. The van der Waals surface area contributed by atoms with Gasteiger partial charge < -0.3 is 9.47 Å². The van der Waals surface area contributed by atoms with E-state index in [1.807, 2.05) is 93.6 Å². The Morgan fingerprint density at radius 2 is 1.70 bits per heavy atom. The molecule has 3 aromatic rings. The third-order valence-corrected chi connectivity index (χ3v) is 6.22. The van der Waals surface area contributed by atoms with E-state index in [0.717, 1.165) is 28.1 Å². The highest BCUT2D eigenvalue weighted by Crippen LogP contribution is 2.39. The van der Waals surface area contributed by atoms with Crippen molar-refractivity contribution in [2.24, 2.45) is 4.99 Å². The van der Waals surface area contributed by atoms with Crippen LogP contribution in [0.15, 0.2) is 76.6 Å². The number of nitrogens with zero attached hydrogens (tertiary/aromatic N) is 2. The van der Waals surface area contributed by atoms with Crippen LogP contribution in [0.3, 0.4) is 0 Å². The Hall–Kier alpha value is -3.51. The van der Waals surface area contributed by atoms with Crippen LogP contribution in [0.25, 0.3) is 6.08 Å². The summed E-state index contributed by atoms with van der Waals surface area (Å²) in [5.41, 5.74) is 4.66. The minimum atomic E-state index is -0.107. The van der Waals surface area contributed by atoms with Crippen LogP contribution in [-0.2, 0) is 4.79 Å². The summed E-state index contributed by atoms with van der Waals surface area (Å²) < 4.78 is 11.1. The Morgan fingerprint density at radius 3 is 2.36 bits per heavy atom. The highest BCUT2D eigenvalue weighted by atomic mass is 32.2. The third-order valence-electron chi connectivity index (χ3n) is 5.25. The molecule has 0 N–H and O–H groups in total. The summed E-state index contributed by atoms with van der Waals surface area (Å²) in [7, 11) is 1.61. The number of carbonyl (C=O) groups excluding carboxylic acids is 1. The molecule has 6 heteroatoms. The van der Waals surface area contributed by atoms with Crippen LogP contribution in [0.1, 0.15) is 23.6 Å². The van der Waals surface area contributed by atoms with Crippen molar-refractivity contribution in [2.75, 3.05) is 18.6 Å². The van der Waals surface area contributed by atoms with Gasteiger partial charge in [0, 0.05) is 0 Å². The minimum absolute atomic E-state index is 0.107. The van der Waals surface area contributed by atoms with E-state index in [1.165, 1.54) is 11.8 Å². The van der Waals surface area contributed by atoms with Crippen molar-refractivity contribution in [3.63, 3.8) is 0 Å². The fourth-order valence-electron chi connectivity index (χ4n) is 3.63. The predicted octanol–water partition coefficient (Wildman–Crippen LogP) is 6.52. The Labute approximate surface area is 198 Å². The van der Waals surface area contributed by atoms with Gasteiger partial charge in [-0.2, -0.15) is 0 Å². The molecule has 168 valence electrons. The standard InChI is InChI=1S/C27H26N2O3S/c1-5-32-23-16-20(14-15-22(23)31-4)17-24-26(30)29(21-12-7-6-8-13-21)27(33-24)28-25-18(2)10-9-11-19(25)3/h6-17H,5H2,1-4H3. The van der Waals surface area contributed by atoms with Crippen molar-refractivity contribution in [2.45, 2.75) is 20.8 Å². The molecule has 0 unspecified atom stereocenters. The van der Waals surface area contributed by atoms with Crippen LogP contribution in [0.5, 0.6) is 11.5 Å². The summed E-state index contributed by atoms with van der Waals surface area (Å²) in [5, 5.41) is 0.633. The molecule has 1 saturated heterocycles. The molecule has 0 aromatic heterocycles. The molecule has 1 amide bonds. The molecule has 0 atom stereocenters. The SMILES string of the molecule is CCOc1cc(C=C2SC(=Nc3c(C)cccc3C)N(c3ccccc3)C2=O)ccc1OC. The van der Waals surface area contributed by atoms with E-state index in [1.54, 1.807) is 12.0 Å². The lowest BCUT2D eigenvalue weighted by atomic mass is 10.1. The van der Waals surface area contributed by atoms with Crippen LogP contribution in [-0.4, -0.2) is 24.8 Å². The van der Waals surface area contributed by atoms with Crippen molar-refractivity contribution in [3.05, 3.63) is 88.3 Å². The van der Waals surface area contributed by atoms with Gasteiger partial charge in [0.15, 0.2) is 16.7 Å².